The molecule has 5 heteroatoms. The standard InChI is InChI=1S/C15H12ClNO3/c16-12-8-14-13(19-4-5-20-14)7-11(12)15(18)9-2-1-3-10(17)6-9/h1-3,6-8H,4-5,17H2. The van der Waals surface area contributed by atoms with Gasteiger partial charge in [-0.25, -0.2) is 0 Å². The molecule has 0 saturated heterocycles. The highest BCUT2D eigenvalue weighted by atomic mass is 35.5. The zero-order valence-electron chi connectivity index (χ0n) is 10.6. The van der Waals surface area contributed by atoms with Crippen LogP contribution in [0.15, 0.2) is 36.4 Å². The summed E-state index contributed by atoms with van der Waals surface area (Å²) in [6, 6.07) is 10.00. The number of benzene rings is 2. The molecule has 0 aromatic heterocycles. The van der Waals surface area contributed by atoms with Gasteiger partial charge in [-0.2, -0.15) is 0 Å². The first kappa shape index (κ1) is 12.8. The quantitative estimate of drug-likeness (QED) is 0.682. The normalized spacial score (nSPS) is 13.1. The summed E-state index contributed by atoms with van der Waals surface area (Å²) in [5.74, 6) is 0.901. The van der Waals surface area contributed by atoms with Gasteiger partial charge in [0.05, 0.1) is 5.02 Å². The summed E-state index contributed by atoms with van der Waals surface area (Å²) in [6.45, 7) is 0.937. The van der Waals surface area contributed by atoms with Gasteiger partial charge in [0.15, 0.2) is 17.3 Å². The first-order chi connectivity index (χ1) is 9.65. The van der Waals surface area contributed by atoms with E-state index in [0.717, 1.165) is 0 Å². The molecule has 20 heavy (non-hydrogen) atoms. The summed E-state index contributed by atoms with van der Waals surface area (Å²) >= 11 is 6.16. The molecule has 1 aliphatic rings. The number of hydrogen-bond acceptors (Lipinski definition) is 4. The summed E-state index contributed by atoms with van der Waals surface area (Å²) < 4.78 is 10.9. The Labute approximate surface area is 121 Å². The first-order valence-electron chi connectivity index (χ1n) is 6.14. The number of ketones is 1. The van der Waals surface area contributed by atoms with E-state index in [-0.39, 0.29) is 5.78 Å². The SMILES string of the molecule is Nc1cccc(C(=O)c2cc3c(cc2Cl)OCCO3)c1. The van der Waals surface area contributed by atoms with E-state index >= 15 is 0 Å². The van der Waals surface area contributed by atoms with Crippen LogP contribution in [0.3, 0.4) is 0 Å². The largest absolute Gasteiger partial charge is 0.486 e. The van der Waals surface area contributed by atoms with E-state index in [1.165, 1.54) is 0 Å². The number of rotatable bonds is 2. The number of fused-ring (bicyclic) bond motifs is 1. The molecule has 2 aromatic carbocycles. The molecular weight excluding hydrogens is 278 g/mol. The lowest BCUT2D eigenvalue weighted by Crippen LogP contribution is -2.16. The highest BCUT2D eigenvalue weighted by Crippen LogP contribution is 2.36. The maximum Gasteiger partial charge on any atom is 0.194 e. The molecule has 102 valence electrons. The van der Waals surface area contributed by atoms with Crippen molar-refractivity contribution in [2.75, 3.05) is 18.9 Å². The lowest BCUT2D eigenvalue weighted by atomic mass is 10.0. The van der Waals surface area contributed by atoms with Crippen molar-refractivity contribution in [3.8, 4) is 11.5 Å². The third-order valence-corrected chi connectivity index (χ3v) is 3.34. The molecule has 0 aliphatic carbocycles. The van der Waals surface area contributed by atoms with Crippen molar-refractivity contribution in [1.29, 1.82) is 0 Å². The fourth-order valence-corrected chi connectivity index (χ4v) is 2.31. The average molecular weight is 290 g/mol. The van der Waals surface area contributed by atoms with E-state index in [2.05, 4.69) is 0 Å². The molecule has 0 saturated carbocycles. The molecule has 1 aliphatic heterocycles. The zero-order valence-corrected chi connectivity index (χ0v) is 11.3. The topological polar surface area (TPSA) is 61.6 Å². The molecule has 0 atom stereocenters. The second-order valence-electron chi connectivity index (χ2n) is 4.43. The van der Waals surface area contributed by atoms with Crippen molar-refractivity contribution in [2.45, 2.75) is 0 Å². The average Bonchev–Trinajstić information content (AvgIpc) is 2.46. The maximum absolute atomic E-state index is 12.5. The van der Waals surface area contributed by atoms with E-state index in [1.54, 1.807) is 36.4 Å². The number of nitrogen functional groups attached to an aromatic ring is 1. The van der Waals surface area contributed by atoms with Gasteiger partial charge in [-0.15, -0.1) is 0 Å². The Bertz CT molecular complexity index is 685. The number of carbonyl (C=O) groups excluding carboxylic acids is 1. The number of anilines is 1. The molecule has 2 N–H and O–H groups in total. The third kappa shape index (κ3) is 2.30. The molecule has 0 radical (unpaired) electrons. The Morgan fingerprint density at radius 3 is 2.50 bits per heavy atom. The van der Waals surface area contributed by atoms with Gasteiger partial charge >= 0.3 is 0 Å². The molecule has 0 bridgehead atoms. The van der Waals surface area contributed by atoms with Crippen LogP contribution in [0.25, 0.3) is 0 Å². The third-order valence-electron chi connectivity index (χ3n) is 3.03. The van der Waals surface area contributed by atoms with Gasteiger partial charge in [0.25, 0.3) is 0 Å². The van der Waals surface area contributed by atoms with E-state index < -0.39 is 0 Å². The van der Waals surface area contributed by atoms with Crippen LogP contribution in [-0.2, 0) is 0 Å². The van der Waals surface area contributed by atoms with Crippen molar-refractivity contribution in [3.05, 3.63) is 52.5 Å². The van der Waals surface area contributed by atoms with Crippen molar-refractivity contribution < 1.29 is 14.3 Å². The van der Waals surface area contributed by atoms with Crippen LogP contribution in [0.5, 0.6) is 11.5 Å². The van der Waals surface area contributed by atoms with Crippen LogP contribution in [0.4, 0.5) is 5.69 Å². The highest BCUT2D eigenvalue weighted by molar-refractivity contribution is 6.35. The number of halogens is 1. The fourth-order valence-electron chi connectivity index (χ4n) is 2.07. The predicted octanol–water partition coefficient (Wildman–Crippen LogP) is 2.92. The van der Waals surface area contributed by atoms with E-state index in [0.29, 0.717) is 46.5 Å². The van der Waals surface area contributed by atoms with Gasteiger partial charge in [0.1, 0.15) is 13.2 Å². The minimum absolute atomic E-state index is 0.195. The van der Waals surface area contributed by atoms with Gasteiger partial charge in [0, 0.05) is 22.9 Å². The van der Waals surface area contributed by atoms with Crippen LogP contribution in [-0.4, -0.2) is 19.0 Å². The maximum atomic E-state index is 12.5. The van der Waals surface area contributed by atoms with E-state index in [4.69, 9.17) is 26.8 Å². The summed E-state index contributed by atoms with van der Waals surface area (Å²) in [5, 5.41) is 0.335. The van der Waals surface area contributed by atoms with Gasteiger partial charge in [-0.05, 0) is 18.2 Å². The molecule has 1 heterocycles. The first-order valence-corrected chi connectivity index (χ1v) is 6.52. The monoisotopic (exact) mass is 289 g/mol. The number of ether oxygens (including phenoxy) is 2. The van der Waals surface area contributed by atoms with Crippen LogP contribution in [0.2, 0.25) is 5.02 Å². The summed E-state index contributed by atoms with van der Waals surface area (Å²) in [6.07, 6.45) is 0. The lowest BCUT2D eigenvalue weighted by molar-refractivity contribution is 0.103. The minimum Gasteiger partial charge on any atom is -0.486 e. The molecule has 3 rings (SSSR count). The number of carbonyl (C=O) groups is 1. The Balaban J connectivity index is 2.03. The molecule has 0 spiro atoms. The number of hydrogen-bond donors (Lipinski definition) is 1. The smallest absolute Gasteiger partial charge is 0.194 e. The van der Waals surface area contributed by atoms with Crippen LogP contribution in [0, 0.1) is 0 Å². The second-order valence-corrected chi connectivity index (χ2v) is 4.84. The molecule has 0 unspecified atom stereocenters. The van der Waals surface area contributed by atoms with E-state index in [9.17, 15) is 4.79 Å². The molecular formula is C15H12ClNO3. The van der Waals surface area contributed by atoms with Gasteiger partial charge < -0.3 is 15.2 Å². The van der Waals surface area contributed by atoms with Crippen LogP contribution < -0.4 is 15.2 Å². The van der Waals surface area contributed by atoms with Crippen molar-refractivity contribution >= 4 is 23.1 Å². The van der Waals surface area contributed by atoms with Crippen molar-refractivity contribution in [1.82, 2.24) is 0 Å². The van der Waals surface area contributed by atoms with Crippen molar-refractivity contribution in [2.24, 2.45) is 0 Å². The van der Waals surface area contributed by atoms with Crippen LogP contribution >= 0.6 is 11.6 Å². The Kier molecular flexibility index (Phi) is 3.24. The zero-order chi connectivity index (χ0) is 14.1. The summed E-state index contributed by atoms with van der Waals surface area (Å²) in [7, 11) is 0. The number of nitrogens with two attached hydrogens (primary N) is 1. The van der Waals surface area contributed by atoms with Gasteiger partial charge in [-0.3, -0.25) is 4.79 Å². The molecule has 0 amide bonds. The Hall–Kier alpha value is -2.20. The lowest BCUT2D eigenvalue weighted by Gasteiger charge is -2.19. The summed E-state index contributed by atoms with van der Waals surface area (Å²) in [4.78, 5) is 12.5. The van der Waals surface area contributed by atoms with Crippen LogP contribution in [0.1, 0.15) is 15.9 Å². The molecule has 2 aromatic rings. The molecule has 4 nitrogen and oxygen atoms in total. The summed E-state index contributed by atoms with van der Waals surface area (Å²) in [5.41, 5.74) is 7.09. The fraction of sp³-hybridized carbons (Fsp3) is 0.133. The Morgan fingerprint density at radius 2 is 1.80 bits per heavy atom. The second kappa shape index (κ2) is 5.06. The highest BCUT2D eigenvalue weighted by Gasteiger charge is 2.20. The van der Waals surface area contributed by atoms with Gasteiger partial charge in [-0.1, -0.05) is 23.7 Å². The van der Waals surface area contributed by atoms with Crippen molar-refractivity contribution in [3.63, 3.8) is 0 Å². The van der Waals surface area contributed by atoms with E-state index in [1.807, 2.05) is 0 Å². The Morgan fingerprint density at radius 1 is 1.10 bits per heavy atom. The molecule has 0 fully saturated rings. The minimum atomic E-state index is -0.195. The predicted molar refractivity (Wildman–Crippen MR) is 76.7 cm³/mol. The van der Waals surface area contributed by atoms with Gasteiger partial charge in [0.2, 0.25) is 0 Å².